The molecule has 0 radical (unpaired) electrons. The lowest BCUT2D eigenvalue weighted by Gasteiger charge is -1.89. The maximum absolute atomic E-state index is 10.3. The number of aromatic nitrogens is 1. The molecule has 2 N–H and O–H groups in total. The fourth-order valence-electron chi connectivity index (χ4n) is 1.04. The molecule has 0 spiro atoms. The van der Waals surface area contributed by atoms with Crippen molar-refractivity contribution < 1.29 is 4.79 Å². The van der Waals surface area contributed by atoms with E-state index in [1.807, 2.05) is 25.4 Å². The van der Waals surface area contributed by atoms with E-state index >= 15 is 0 Å². The fraction of sp³-hybridized carbons (Fsp3) is 0.300. The van der Waals surface area contributed by atoms with Gasteiger partial charge in [-0.05, 0) is 31.6 Å². The standard InChI is InChI=1S/C10H14N2O/c1-11-5-3-2-4-9-6-10(8-13)12-7-9/h2,4,6-8,11-12H,3,5H2,1H3. The Labute approximate surface area is 77.9 Å². The molecule has 1 aromatic heterocycles. The molecule has 0 saturated heterocycles. The number of rotatable bonds is 5. The van der Waals surface area contributed by atoms with Crippen molar-refractivity contribution in [3.05, 3.63) is 29.6 Å². The molecule has 3 nitrogen and oxygen atoms in total. The topological polar surface area (TPSA) is 44.9 Å². The van der Waals surface area contributed by atoms with Crippen LogP contribution >= 0.6 is 0 Å². The number of H-pyrrole nitrogens is 1. The zero-order valence-electron chi connectivity index (χ0n) is 7.71. The molecular weight excluding hydrogens is 164 g/mol. The second-order valence-electron chi connectivity index (χ2n) is 2.80. The molecule has 70 valence electrons. The summed E-state index contributed by atoms with van der Waals surface area (Å²) in [6.07, 6.45) is 7.71. The summed E-state index contributed by atoms with van der Waals surface area (Å²) in [5.74, 6) is 0. The molecule has 3 heteroatoms. The minimum Gasteiger partial charge on any atom is -0.358 e. The van der Waals surface area contributed by atoms with Gasteiger partial charge in [-0.2, -0.15) is 0 Å². The number of aldehydes is 1. The van der Waals surface area contributed by atoms with E-state index in [1.54, 1.807) is 0 Å². The summed E-state index contributed by atoms with van der Waals surface area (Å²) in [5, 5.41) is 3.06. The van der Waals surface area contributed by atoms with Crippen LogP contribution in [-0.4, -0.2) is 24.9 Å². The molecule has 0 amide bonds. The lowest BCUT2D eigenvalue weighted by atomic mass is 10.2. The first-order chi connectivity index (χ1) is 6.36. The van der Waals surface area contributed by atoms with Crippen molar-refractivity contribution in [2.45, 2.75) is 6.42 Å². The second kappa shape index (κ2) is 5.32. The van der Waals surface area contributed by atoms with E-state index in [0.29, 0.717) is 5.69 Å². The Hall–Kier alpha value is -1.35. The van der Waals surface area contributed by atoms with Crippen LogP contribution in [0, 0.1) is 0 Å². The molecule has 1 heterocycles. The minimum absolute atomic E-state index is 0.619. The molecule has 13 heavy (non-hydrogen) atoms. The molecule has 0 aliphatic heterocycles. The van der Waals surface area contributed by atoms with Crippen LogP contribution in [0.4, 0.5) is 0 Å². The number of nitrogens with one attached hydrogen (secondary N) is 2. The van der Waals surface area contributed by atoms with Gasteiger partial charge in [0.15, 0.2) is 6.29 Å². The first-order valence-corrected chi connectivity index (χ1v) is 4.31. The van der Waals surface area contributed by atoms with Gasteiger partial charge in [0.25, 0.3) is 0 Å². The molecule has 0 saturated carbocycles. The molecule has 1 rings (SSSR count). The van der Waals surface area contributed by atoms with Crippen molar-refractivity contribution in [1.29, 1.82) is 0 Å². The van der Waals surface area contributed by atoms with Crippen molar-refractivity contribution in [1.82, 2.24) is 10.3 Å². The van der Waals surface area contributed by atoms with Gasteiger partial charge in [0.2, 0.25) is 0 Å². The lowest BCUT2D eigenvalue weighted by molar-refractivity contribution is 0.111. The van der Waals surface area contributed by atoms with E-state index in [0.717, 1.165) is 24.8 Å². The molecule has 0 aromatic carbocycles. The Morgan fingerprint density at radius 1 is 1.62 bits per heavy atom. The Bertz CT molecular complexity index is 289. The van der Waals surface area contributed by atoms with Gasteiger partial charge < -0.3 is 10.3 Å². The maximum Gasteiger partial charge on any atom is 0.166 e. The predicted molar refractivity (Wildman–Crippen MR) is 53.8 cm³/mol. The lowest BCUT2D eigenvalue weighted by Crippen LogP contribution is -2.05. The average molecular weight is 178 g/mol. The van der Waals surface area contributed by atoms with E-state index in [1.165, 1.54) is 0 Å². The third-order valence-electron chi connectivity index (χ3n) is 1.73. The highest BCUT2D eigenvalue weighted by Gasteiger charge is 1.92. The molecule has 0 atom stereocenters. The van der Waals surface area contributed by atoms with Crippen LogP contribution < -0.4 is 5.32 Å². The van der Waals surface area contributed by atoms with Crippen molar-refractivity contribution in [2.75, 3.05) is 13.6 Å². The highest BCUT2D eigenvalue weighted by molar-refractivity contribution is 5.73. The Kier molecular flexibility index (Phi) is 3.99. The smallest absolute Gasteiger partial charge is 0.166 e. The van der Waals surface area contributed by atoms with Gasteiger partial charge in [-0.15, -0.1) is 0 Å². The second-order valence-corrected chi connectivity index (χ2v) is 2.80. The van der Waals surface area contributed by atoms with Crippen LogP contribution in [-0.2, 0) is 0 Å². The highest BCUT2D eigenvalue weighted by atomic mass is 16.1. The Morgan fingerprint density at radius 2 is 2.46 bits per heavy atom. The molecule has 0 unspecified atom stereocenters. The van der Waals surface area contributed by atoms with Gasteiger partial charge in [0, 0.05) is 6.20 Å². The zero-order chi connectivity index (χ0) is 9.52. The van der Waals surface area contributed by atoms with E-state index < -0.39 is 0 Å². The van der Waals surface area contributed by atoms with Crippen LogP contribution in [0.5, 0.6) is 0 Å². The Morgan fingerprint density at radius 3 is 3.08 bits per heavy atom. The summed E-state index contributed by atoms with van der Waals surface area (Å²) >= 11 is 0. The predicted octanol–water partition coefficient (Wildman–Crippen LogP) is 1.45. The highest BCUT2D eigenvalue weighted by Crippen LogP contribution is 2.03. The quantitative estimate of drug-likeness (QED) is 0.529. The summed E-state index contributed by atoms with van der Waals surface area (Å²) in [7, 11) is 1.93. The van der Waals surface area contributed by atoms with Gasteiger partial charge >= 0.3 is 0 Å². The molecule has 0 bridgehead atoms. The van der Waals surface area contributed by atoms with Gasteiger partial charge in [-0.1, -0.05) is 12.2 Å². The van der Waals surface area contributed by atoms with Crippen molar-refractivity contribution in [2.24, 2.45) is 0 Å². The third kappa shape index (κ3) is 3.25. The van der Waals surface area contributed by atoms with E-state index in [2.05, 4.69) is 16.4 Å². The van der Waals surface area contributed by atoms with Crippen LogP contribution in [0.2, 0.25) is 0 Å². The number of hydrogen-bond donors (Lipinski definition) is 2. The monoisotopic (exact) mass is 178 g/mol. The largest absolute Gasteiger partial charge is 0.358 e. The van der Waals surface area contributed by atoms with E-state index in [-0.39, 0.29) is 0 Å². The zero-order valence-corrected chi connectivity index (χ0v) is 7.71. The summed E-state index contributed by atoms with van der Waals surface area (Å²) in [5.41, 5.74) is 1.66. The van der Waals surface area contributed by atoms with Crippen LogP contribution in [0.3, 0.4) is 0 Å². The minimum atomic E-state index is 0.619. The number of carbonyl (C=O) groups is 1. The van der Waals surface area contributed by atoms with Gasteiger partial charge in [-0.25, -0.2) is 0 Å². The molecular formula is C10H14N2O. The van der Waals surface area contributed by atoms with Gasteiger partial charge in [0.05, 0.1) is 5.69 Å². The van der Waals surface area contributed by atoms with Crippen LogP contribution in [0.15, 0.2) is 18.3 Å². The number of aromatic amines is 1. The Balaban J connectivity index is 2.44. The molecule has 1 aromatic rings. The van der Waals surface area contributed by atoms with E-state index in [4.69, 9.17) is 0 Å². The number of carbonyl (C=O) groups excluding carboxylic acids is 1. The van der Waals surface area contributed by atoms with Crippen molar-refractivity contribution >= 4 is 12.4 Å². The third-order valence-corrected chi connectivity index (χ3v) is 1.73. The van der Waals surface area contributed by atoms with Crippen LogP contribution in [0.25, 0.3) is 6.08 Å². The first-order valence-electron chi connectivity index (χ1n) is 4.31. The molecule has 0 aliphatic rings. The average Bonchev–Trinajstić information content (AvgIpc) is 2.60. The van der Waals surface area contributed by atoms with Crippen LogP contribution in [0.1, 0.15) is 22.5 Å². The first kappa shape index (κ1) is 9.74. The summed E-state index contributed by atoms with van der Waals surface area (Å²) in [6.45, 7) is 0.974. The van der Waals surface area contributed by atoms with Crippen molar-refractivity contribution in [3.63, 3.8) is 0 Å². The summed E-state index contributed by atoms with van der Waals surface area (Å²) < 4.78 is 0. The maximum atomic E-state index is 10.3. The summed E-state index contributed by atoms with van der Waals surface area (Å²) in [4.78, 5) is 13.2. The number of hydrogen-bond acceptors (Lipinski definition) is 2. The molecule has 0 fully saturated rings. The van der Waals surface area contributed by atoms with Crippen molar-refractivity contribution in [3.8, 4) is 0 Å². The fourth-order valence-corrected chi connectivity index (χ4v) is 1.04. The summed E-state index contributed by atoms with van der Waals surface area (Å²) in [6, 6.07) is 1.82. The normalized spacial score (nSPS) is 10.8. The molecule has 0 aliphatic carbocycles. The van der Waals surface area contributed by atoms with Gasteiger partial charge in [0.1, 0.15) is 0 Å². The van der Waals surface area contributed by atoms with E-state index in [9.17, 15) is 4.79 Å². The van der Waals surface area contributed by atoms with Gasteiger partial charge in [-0.3, -0.25) is 4.79 Å². The SMILES string of the molecule is CNCCC=Cc1c[nH]c(C=O)c1.